The molecule has 2 aromatic rings. The summed E-state index contributed by atoms with van der Waals surface area (Å²) >= 11 is 0. The average Bonchev–Trinajstić information content (AvgIpc) is 2.91. The predicted molar refractivity (Wildman–Crippen MR) is 146 cm³/mol. The van der Waals surface area contributed by atoms with E-state index in [0.717, 1.165) is 49.9 Å². The van der Waals surface area contributed by atoms with Crippen molar-refractivity contribution in [2.75, 3.05) is 0 Å². The summed E-state index contributed by atoms with van der Waals surface area (Å²) in [4.78, 5) is 12.8. The van der Waals surface area contributed by atoms with Gasteiger partial charge in [0, 0.05) is 6.07 Å². The summed E-state index contributed by atoms with van der Waals surface area (Å²) in [5.41, 5.74) is 2.13. The summed E-state index contributed by atoms with van der Waals surface area (Å²) in [5.74, 6) is 2.84. The van der Waals surface area contributed by atoms with E-state index in [1.165, 1.54) is 43.7 Å². The third-order valence-electron chi connectivity index (χ3n) is 8.78. The van der Waals surface area contributed by atoms with E-state index in [-0.39, 0.29) is 17.7 Å². The molecular weight excluding hydrogens is 447 g/mol. The second-order valence-electron chi connectivity index (χ2n) is 11.2. The SMILES string of the molecule is C/C=C/CCc1ccc(OC(=O)C2CCC(C3CCC(C[C@H](C)c4ccccc4)CC3)CC2)cc1F. The van der Waals surface area contributed by atoms with Crippen molar-refractivity contribution in [1.29, 1.82) is 0 Å². The highest BCUT2D eigenvalue weighted by Gasteiger charge is 2.34. The van der Waals surface area contributed by atoms with Gasteiger partial charge in [-0.2, -0.15) is 0 Å². The summed E-state index contributed by atoms with van der Waals surface area (Å²) < 4.78 is 20.0. The van der Waals surface area contributed by atoms with Gasteiger partial charge in [-0.25, -0.2) is 4.39 Å². The van der Waals surface area contributed by atoms with Gasteiger partial charge in [-0.05, 0) is 106 Å². The fourth-order valence-electron chi connectivity index (χ4n) is 6.54. The van der Waals surface area contributed by atoms with Gasteiger partial charge in [0.25, 0.3) is 0 Å². The van der Waals surface area contributed by atoms with Gasteiger partial charge in [0.1, 0.15) is 11.6 Å². The number of aryl methyl sites for hydroxylation is 1. The molecule has 0 bridgehead atoms. The van der Waals surface area contributed by atoms with Gasteiger partial charge in [-0.1, -0.05) is 68.3 Å². The van der Waals surface area contributed by atoms with E-state index in [4.69, 9.17) is 4.74 Å². The summed E-state index contributed by atoms with van der Waals surface area (Å²) in [7, 11) is 0. The first-order chi connectivity index (χ1) is 17.5. The van der Waals surface area contributed by atoms with Crippen LogP contribution in [0.3, 0.4) is 0 Å². The Balaban J connectivity index is 1.18. The molecule has 0 spiro atoms. The molecule has 0 unspecified atom stereocenters. The summed E-state index contributed by atoms with van der Waals surface area (Å²) in [6.07, 6.45) is 16.2. The molecule has 2 fully saturated rings. The maximum Gasteiger partial charge on any atom is 0.314 e. The fourth-order valence-corrected chi connectivity index (χ4v) is 6.54. The zero-order valence-corrected chi connectivity index (χ0v) is 22.1. The first-order valence-electron chi connectivity index (χ1n) is 14.2. The average molecular weight is 491 g/mol. The highest BCUT2D eigenvalue weighted by atomic mass is 19.1. The second kappa shape index (κ2) is 13.2. The zero-order valence-electron chi connectivity index (χ0n) is 22.1. The molecular formula is C33H43FO2. The molecule has 0 radical (unpaired) electrons. The third kappa shape index (κ3) is 7.31. The Morgan fingerprint density at radius 3 is 2.28 bits per heavy atom. The van der Waals surface area contributed by atoms with Crippen molar-refractivity contribution in [1.82, 2.24) is 0 Å². The van der Waals surface area contributed by atoms with Crippen LogP contribution in [0.2, 0.25) is 0 Å². The highest BCUT2D eigenvalue weighted by molar-refractivity contribution is 5.75. The number of rotatable bonds is 9. The Hall–Kier alpha value is -2.42. The van der Waals surface area contributed by atoms with Crippen molar-refractivity contribution in [2.45, 2.75) is 90.4 Å². The highest BCUT2D eigenvalue weighted by Crippen LogP contribution is 2.43. The van der Waals surface area contributed by atoms with E-state index in [9.17, 15) is 9.18 Å². The second-order valence-corrected chi connectivity index (χ2v) is 11.2. The maximum absolute atomic E-state index is 14.4. The molecule has 2 aliphatic carbocycles. The van der Waals surface area contributed by atoms with Crippen molar-refractivity contribution in [2.24, 2.45) is 23.7 Å². The van der Waals surface area contributed by atoms with Crippen LogP contribution in [0.1, 0.15) is 95.1 Å². The molecule has 2 saturated carbocycles. The standard InChI is InChI=1S/C33H43FO2/c1-3-4-6-11-29-20-21-31(23-32(29)34)36-33(35)30-18-16-28(17-19-30)27-14-12-25(13-15-27)22-24(2)26-9-7-5-8-10-26/h3-5,7-10,20-21,23-25,27-28,30H,6,11-19,22H2,1-2H3/b4-3+/t24-,25?,27?,28?,30?/m0/s1. The van der Waals surface area contributed by atoms with Crippen LogP contribution < -0.4 is 4.74 Å². The van der Waals surface area contributed by atoms with Crippen LogP contribution in [0.4, 0.5) is 4.39 Å². The molecule has 3 heteroatoms. The third-order valence-corrected chi connectivity index (χ3v) is 8.78. The minimum Gasteiger partial charge on any atom is -0.426 e. The normalized spacial score (nSPS) is 25.5. The van der Waals surface area contributed by atoms with Crippen LogP contribution >= 0.6 is 0 Å². The number of esters is 1. The molecule has 0 aromatic heterocycles. The van der Waals surface area contributed by atoms with Crippen molar-refractivity contribution in [3.05, 3.63) is 77.6 Å². The van der Waals surface area contributed by atoms with E-state index in [2.05, 4.69) is 37.3 Å². The molecule has 0 saturated heterocycles. The molecule has 2 nitrogen and oxygen atoms in total. The van der Waals surface area contributed by atoms with Gasteiger partial charge >= 0.3 is 5.97 Å². The van der Waals surface area contributed by atoms with E-state index in [1.807, 2.05) is 19.1 Å². The van der Waals surface area contributed by atoms with E-state index in [1.54, 1.807) is 12.1 Å². The topological polar surface area (TPSA) is 26.3 Å². The lowest BCUT2D eigenvalue weighted by Crippen LogP contribution is -2.30. The molecule has 0 N–H and O–H groups in total. The molecule has 0 aliphatic heterocycles. The monoisotopic (exact) mass is 490 g/mol. The minimum atomic E-state index is -0.290. The molecule has 4 rings (SSSR count). The van der Waals surface area contributed by atoms with Crippen LogP contribution in [0.15, 0.2) is 60.7 Å². The van der Waals surface area contributed by atoms with Crippen molar-refractivity contribution in [3.63, 3.8) is 0 Å². The number of halogens is 1. The van der Waals surface area contributed by atoms with Crippen molar-refractivity contribution in [3.8, 4) is 5.75 Å². The molecule has 0 amide bonds. The summed E-state index contributed by atoms with van der Waals surface area (Å²) in [6, 6.07) is 15.8. The van der Waals surface area contributed by atoms with Gasteiger partial charge < -0.3 is 4.74 Å². The Morgan fingerprint density at radius 2 is 1.64 bits per heavy atom. The van der Waals surface area contributed by atoms with Crippen LogP contribution in [-0.4, -0.2) is 5.97 Å². The van der Waals surface area contributed by atoms with Crippen LogP contribution in [0, 0.1) is 29.5 Å². The number of carbonyl (C=O) groups excluding carboxylic acids is 1. The predicted octanol–water partition coefficient (Wildman–Crippen LogP) is 9.05. The lowest BCUT2D eigenvalue weighted by molar-refractivity contribution is -0.140. The quantitative estimate of drug-likeness (QED) is 0.199. The first-order valence-corrected chi connectivity index (χ1v) is 14.2. The largest absolute Gasteiger partial charge is 0.426 e. The number of hydrogen-bond acceptors (Lipinski definition) is 2. The van der Waals surface area contributed by atoms with Gasteiger partial charge in [0.05, 0.1) is 5.92 Å². The van der Waals surface area contributed by atoms with Crippen molar-refractivity contribution < 1.29 is 13.9 Å². The fraction of sp³-hybridized carbons (Fsp3) is 0.545. The van der Waals surface area contributed by atoms with Crippen LogP contribution in [0.25, 0.3) is 0 Å². The van der Waals surface area contributed by atoms with Crippen LogP contribution in [-0.2, 0) is 11.2 Å². The number of hydrogen-bond donors (Lipinski definition) is 0. The van der Waals surface area contributed by atoms with Gasteiger partial charge in [-0.15, -0.1) is 0 Å². The maximum atomic E-state index is 14.4. The molecule has 0 heterocycles. The molecule has 194 valence electrons. The Bertz CT molecular complexity index is 982. The molecule has 1 atom stereocenters. The van der Waals surface area contributed by atoms with Crippen LogP contribution in [0.5, 0.6) is 5.75 Å². The zero-order chi connectivity index (χ0) is 25.3. The smallest absolute Gasteiger partial charge is 0.314 e. The van der Waals surface area contributed by atoms with Gasteiger partial charge in [0.15, 0.2) is 0 Å². The molecule has 36 heavy (non-hydrogen) atoms. The Morgan fingerprint density at radius 1 is 0.972 bits per heavy atom. The number of allylic oxidation sites excluding steroid dienone is 2. The Kier molecular flexibility index (Phi) is 9.78. The molecule has 2 aliphatic rings. The first kappa shape index (κ1) is 26.6. The van der Waals surface area contributed by atoms with Gasteiger partial charge in [-0.3, -0.25) is 4.79 Å². The van der Waals surface area contributed by atoms with E-state index in [0.29, 0.717) is 23.7 Å². The van der Waals surface area contributed by atoms with E-state index >= 15 is 0 Å². The Labute approximate surface area is 217 Å². The lowest BCUT2D eigenvalue weighted by Gasteiger charge is -2.38. The van der Waals surface area contributed by atoms with E-state index < -0.39 is 0 Å². The number of benzene rings is 2. The minimum absolute atomic E-state index is 0.0539. The number of ether oxygens (including phenoxy) is 1. The lowest BCUT2D eigenvalue weighted by atomic mass is 9.68. The summed E-state index contributed by atoms with van der Waals surface area (Å²) in [6.45, 7) is 4.33. The molecule has 2 aromatic carbocycles. The van der Waals surface area contributed by atoms with Crippen molar-refractivity contribution >= 4 is 5.97 Å². The number of carbonyl (C=O) groups is 1. The summed E-state index contributed by atoms with van der Waals surface area (Å²) in [5, 5.41) is 0. The van der Waals surface area contributed by atoms with Gasteiger partial charge in [0.2, 0.25) is 0 Å².